The lowest BCUT2D eigenvalue weighted by atomic mass is 9.96. The molecule has 0 amide bonds. The van der Waals surface area contributed by atoms with Crippen LogP contribution in [-0.2, 0) is 19.4 Å². The number of fused-ring (bicyclic) bond motifs is 1. The number of aromatic nitrogens is 2. The largest absolute Gasteiger partial charge is 0.399 e. The number of benzene rings is 1. The second kappa shape index (κ2) is 5.26. The van der Waals surface area contributed by atoms with Gasteiger partial charge in [-0.1, -0.05) is 12.1 Å². The van der Waals surface area contributed by atoms with Crippen molar-refractivity contribution in [1.29, 1.82) is 0 Å². The summed E-state index contributed by atoms with van der Waals surface area (Å²) in [5, 5.41) is 3.41. The van der Waals surface area contributed by atoms with Gasteiger partial charge in [-0.2, -0.15) is 0 Å². The molecule has 1 heterocycles. The molecule has 0 unspecified atom stereocenters. The van der Waals surface area contributed by atoms with E-state index in [0.29, 0.717) is 0 Å². The van der Waals surface area contributed by atoms with Gasteiger partial charge in [0.2, 0.25) is 0 Å². The van der Waals surface area contributed by atoms with Crippen LogP contribution in [0.1, 0.15) is 29.7 Å². The Balaban J connectivity index is 1.77. The molecule has 0 radical (unpaired) electrons. The zero-order chi connectivity index (χ0) is 13.1. The summed E-state index contributed by atoms with van der Waals surface area (Å²) in [6.07, 6.45) is 6.28. The zero-order valence-corrected chi connectivity index (χ0v) is 10.9. The van der Waals surface area contributed by atoms with Crippen molar-refractivity contribution in [2.45, 2.75) is 32.2 Å². The number of anilines is 2. The molecule has 4 heteroatoms. The molecule has 1 aromatic heterocycles. The minimum absolute atomic E-state index is 0.745. The van der Waals surface area contributed by atoms with Crippen LogP contribution in [-0.4, -0.2) is 9.97 Å². The predicted octanol–water partition coefficient (Wildman–Crippen LogP) is 2.55. The van der Waals surface area contributed by atoms with Crippen molar-refractivity contribution in [3.63, 3.8) is 0 Å². The van der Waals surface area contributed by atoms with E-state index in [9.17, 15) is 0 Å². The number of aryl methyl sites for hydroxylation is 1. The van der Waals surface area contributed by atoms with Gasteiger partial charge in [0.05, 0.1) is 0 Å². The molecule has 0 spiro atoms. The van der Waals surface area contributed by atoms with Crippen LogP contribution in [0.5, 0.6) is 0 Å². The fourth-order valence-electron chi connectivity index (χ4n) is 2.56. The van der Waals surface area contributed by atoms with E-state index in [0.717, 1.165) is 30.9 Å². The molecule has 1 aliphatic carbocycles. The van der Waals surface area contributed by atoms with Gasteiger partial charge in [-0.3, -0.25) is 0 Å². The van der Waals surface area contributed by atoms with Crippen molar-refractivity contribution in [3.05, 3.63) is 47.4 Å². The van der Waals surface area contributed by atoms with E-state index in [2.05, 4.69) is 21.4 Å². The molecule has 0 saturated heterocycles. The van der Waals surface area contributed by atoms with Gasteiger partial charge in [0, 0.05) is 23.5 Å². The van der Waals surface area contributed by atoms with Crippen LogP contribution in [0.15, 0.2) is 30.6 Å². The van der Waals surface area contributed by atoms with Crippen LogP contribution in [0.4, 0.5) is 11.5 Å². The van der Waals surface area contributed by atoms with Gasteiger partial charge < -0.3 is 11.1 Å². The number of nitrogens with zero attached hydrogens (tertiary/aromatic N) is 2. The second-order valence-corrected chi connectivity index (χ2v) is 4.95. The van der Waals surface area contributed by atoms with Crippen molar-refractivity contribution < 1.29 is 0 Å². The first-order valence-corrected chi connectivity index (χ1v) is 6.74. The summed E-state index contributed by atoms with van der Waals surface area (Å²) in [7, 11) is 0. The summed E-state index contributed by atoms with van der Waals surface area (Å²) in [4.78, 5) is 8.75. The van der Waals surface area contributed by atoms with E-state index in [1.165, 1.54) is 29.7 Å². The van der Waals surface area contributed by atoms with E-state index in [1.54, 1.807) is 6.33 Å². The van der Waals surface area contributed by atoms with Crippen LogP contribution in [0, 0.1) is 0 Å². The average Bonchev–Trinajstić information content (AvgIpc) is 2.45. The third-order valence-electron chi connectivity index (χ3n) is 3.54. The van der Waals surface area contributed by atoms with Gasteiger partial charge in [0.15, 0.2) is 0 Å². The Kier molecular flexibility index (Phi) is 3.31. The lowest BCUT2D eigenvalue weighted by Crippen LogP contribution is -2.12. The normalized spacial score (nSPS) is 13.9. The molecule has 1 aliphatic rings. The first kappa shape index (κ1) is 12.0. The highest BCUT2D eigenvalue weighted by Gasteiger charge is 2.14. The molecule has 98 valence electrons. The molecule has 4 nitrogen and oxygen atoms in total. The third kappa shape index (κ3) is 2.67. The van der Waals surface area contributed by atoms with Gasteiger partial charge in [-0.25, -0.2) is 9.97 Å². The Labute approximate surface area is 113 Å². The quantitative estimate of drug-likeness (QED) is 0.826. The van der Waals surface area contributed by atoms with Crippen LogP contribution < -0.4 is 11.1 Å². The number of hydrogen-bond acceptors (Lipinski definition) is 4. The molecule has 2 aromatic rings. The maximum Gasteiger partial charge on any atom is 0.133 e. The Hall–Kier alpha value is -2.10. The van der Waals surface area contributed by atoms with Crippen molar-refractivity contribution in [2.75, 3.05) is 11.1 Å². The average molecular weight is 254 g/mol. The zero-order valence-electron chi connectivity index (χ0n) is 10.9. The lowest BCUT2D eigenvalue weighted by molar-refractivity contribution is 0.663. The smallest absolute Gasteiger partial charge is 0.133 e. The summed E-state index contributed by atoms with van der Waals surface area (Å²) in [5.41, 5.74) is 10.2. The summed E-state index contributed by atoms with van der Waals surface area (Å²) in [6.45, 7) is 0.745. The molecular formula is C15H18N4. The molecular weight excluding hydrogens is 236 g/mol. The summed E-state index contributed by atoms with van der Waals surface area (Å²) in [5.74, 6) is 0.979. The highest BCUT2D eigenvalue weighted by atomic mass is 15.0. The van der Waals surface area contributed by atoms with E-state index < -0.39 is 0 Å². The molecule has 0 aliphatic heterocycles. The van der Waals surface area contributed by atoms with Crippen LogP contribution in [0.2, 0.25) is 0 Å². The highest BCUT2D eigenvalue weighted by Crippen LogP contribution is 2.24. The van der Waals surface area contributed by atoms with Crippen molar-refractivity contribution in [2.24, 2.45) is 0 Å². The van der Waals surface area contributed by atoms with Crippen molar-refractivity contribution in [3.8, 4) is 0 Å². The fourth-order valence-corrected chi connectivity index (χ4v) is 2.56. The highest BCUT2D eigenvalue weighted by molar-refractivity contribution is 5.48. The maximum absolute atomic E-state index is 5.79. The van der Waals surface area contributed by atoms with E-state index in [-0.39, 0.29) is 0 Å². The minimum atomic E-state index is 0.745. The third-order valence-corrected chi connectivity index (χ3v) is 3.54. The molecule has 3 N–H and O–H groups in total. The Morgan fingerprint density at radius 1 is 1.16 bits per heavy atom. The number of nitrogen functional groups attached to an aromatic ring is 1. The van der Waals surface area contributed by atoms with Gasteiger partial charge in [0.25, 0.3) is 0 Å². The number of nitrogens with two attached hydrogens (primary N) is 1. The van der Waals surface area contributed by atoms with Crippen LogP contribution in [0.3, 0.4) is 0 Å². The predicted molar refractivity (Wildman–Crippen MR) is 76.9 cm³/mol. The maximum atomic E-state index is 5.79. The van der Waals surface area contributed by atoms with Gasteiger partial charge in [-0.15, -0.1) is 0 Å². The second-order valence-electron chi connectivity index (χ2n) is 4.95. The van der Waals surface area contributed by atoms with Crippen LogP contribution >= 0.6 is 0 Å². The van der Waals surface area contributed by atoms with E-state index >= 15 is 0 Å². The number of rotatable bonds is 3. The molecule has 0 fully saturated rings. The SMILES string of the molecule is Nc1cccc(CNc2ncnc3c2CCCC3)c1. The van der Waals surface area contributed by atoms with Gasteiger partial charge in [-0.05, 0) is 43.4 Å². The molecule has 0 saturated carbocycles. The molecule has 1 aromatic carbocycles. The van der Waals surface area contributed by atoms with Crippen LogP contribution in [0.25, 0.3) is 0 Å². The number of nitrogens with one attached hydrogen (secondary N) is 1. The van der Waals surface area contributed by atoms with Gasteiger partial charge in [0.1, 0.15) is 12.1 Å². The van der Waals surface area contributed by atoms with Crippen molar-refractivity contribution >= 4 is 11.5 Å². The van der Waals surface area contributed by atoms with Crippen molar-refractivity contribution in [1.82, 2.24) is 9.97 Å². The molecule has 19 heavy (non-hydrogen) atoms. The standard InChI is InChI=1S/C15H18N4/c16-12-5-3-4-11(8-12)9-17-15-13-6-1-2-7-14(13)18-10-19-15/h3-5,8,10H,1-2,6-7,9,16H2,(H,17,18,19). The lowest BCUT2D eigenvalue weighted by Gasteiger charge is -2.18. The topological polar surface area (TPSA) is 63.8 Å². The van der Waals surface area contributed by atoms with E-state index in [1.807, 2.05) is 18.2 Å². The Morgan fingerprint density at radius 2 is 2.05 bits per heavy atom. The summed E-state index contributed by atoms with van der Waals surface area (Å²) in [6, 6.07) is 7.93. The Bertz CT molecular complexity index is 580. The first-order valence-electron chi connectivity index (χ1n) is 6.74. The van der Waals surface area contributed by atoms with Gasteiger partial charge >= 0.3 is 0 Å². The minimum Gasteiger partial charge on any atom is -0.399 e. The molecule has 0 atom stereocenters. The first-order chi connectivity index (χ1) is 9.33. The summed E-state index contributed by atoms with van der Waals surface area (Å²) < 4.78 is 0. The van der Waals surface area contributed by atoms with E-state index in [4.69, 9.17) is 5.73 Å². The fraction of sp³-hybridized carbons (Fsp3) is 0.333. The summed E-state index contributed by atoms with van der Waals surface area (Å²) >= 11 is 0. The molecule has 3 rings (SSSR count). The Morgan fingerprint density at radius 3 is 2.95 bits per heavy atom. The molecule has 0 bridgehead atoms. The number of hydrogen-bond donors (Lipinski definition) is 2. The monoisotopic (exact) mass is 254 g/mol.